The highest BCUT2D eigenvalue weighted by molar-refractivity contribution is 7.80. The summed E-state index contributed by atoms with van der Waals surface area (Å²) in [5.41, 5.74) is 3.33. The predicted molar refractivity (Wildman–Crippen MR) is 81.5 cm³/mol. The fraction of sp³-hybridized carbons (Fsp3) is 0.0909. The van der Waals surface area contributed by atoms with Crippen LogP contribution in [-0.4, -0.2) is 17.9 Å². The summed E-state index contributed by atoms with van der Waals surface area (Å²) in [6, 6.07) is 3.30. The van der Waals surface area contributed by atoms with Gasteiger partial charge < -0.3 is 5.32 Å². The number of hydrazine groups is 1. The van der Waals surface area contributed by atoms with Crippen molar-refractivity contribution >= 4 is 58.3 Å². The Bertz CT molecular complexity index is 489. The van der Waals surface area contributed by atoms with Crippen molar-refractivity contribution in [1.29, 1.82) is 0 Å². The molecule has 18 heavy (non-hydrogen) atoms. The van der Waals surface area contributed by atoms with E-state index in [2.05, 4.69) is 22.4 Å². The number of hydrogen-bond acceptors (Lipinski definition) is 1. The van der Waals surface area contributed by atoms with Crippen LogP contribution < -0.4 is 15.8 Å². The molecule has 7 heteroatoms. The van der Waals surface area contributed by atoms with Crippen LogP contribution in [0.25, 0.3) is 0 Å². The molecular formula is C11H11Cl3N3S+. The maximum atomic E-state index is 6.02. The largest absolute Gasteiger partial charge is 0.355 e. The molecule has 0 atom stereocenters. The molecule has 0 heterocycles. The average molecular weight is 324 g/mol. The van der Waals surface area contributed by atoms with E-state index in [1.54, 1.807) is 24.4 Å². The van der Waals surface area contributed by atoms with Crippen LogP contribution in [0.15, 0.2) is 24.8 Å². The second kappa shape index (κ2) is 7.59. The number of nitrogens with one attached hydrogen (secondary N) is 3. The zero-order valence-corrected chi connectivity index (χ0v) is 12.4. The number of thiocarbonyl (C=S) groups is 1. The summed E-state index contributed by atoms with van der Waals surface area (Å²) in [4.78, 5) is 0. The van der Waals surface area contributed by atoms with E-state index < -0.39 is 0 Å². The molecule has 0 aliphatic rings. The summed E-state index contributed by atoms with van der Waals surface area (Å²) in [5.74, 6) is 0. The van der Waals surface area contributed by atoms with E-state index >= 15 is 0 Å². The lowest BCUT2D eigenvalue weighted by Crippen LogP contribution is -2.82. The summed E-state index contributed by atoms with van der Waals surface area (Å²) < 4.78 is 0. The van der Waals surface area contributed by atoms with Gasteiger partial charge in [0.2, 0.25) is 11.3 Å². The third-order valence-corrected chi connectivity index (χ3v) is 3.28. The minimum atomic E-state index is 0.378. The number of benzene rings is 1. The van der Waals surface area contributed by atoms with Crippen molar-refractivity contribution in [2.75, 3.05) is 6.54 Å². The molecule has 0 aliphatic heterocycles. The quantitative estimate of drug-likeness (QED) is 0.260. The highest BCUT2D eigenvalue weighted by Crippen LogP contribution is 2.29. The third-order valence-electron chi connectivity index (χ3n) is 1.89. The second-order valence-electron chi connectivity index (χ2n) is 3.17. The molecule has 3 nitrogen and oxygen atoms in total. The van der Waals surface area contributed by atoms with Crippen LogP contribution in [0.1, 0.15) is 5.56 Å². The van der Waals surface area contributed by atoms with E-state index in [1.807, 2.05) is 0 Å². The number of hydrogen-bond donors (Lipinski definition) is 3. The van der Waals surface area contributed by atoms with Crippen molar-refractivity contribution in [3.63, 3.8) is 0 Å². The molecule has 0 aromatic heterocycles. The molecule has 0 bridgehead atoms. The molecule has 1 aromatic carbocycles. The Morgan fingerprint density at radius 2 is 2.00 bits per heavy atom. The van der Waals surface area contributed by atoms with E-state index in [1.165, 1.54) is 0 Å². The number of hydrazone groups is 1. The average Bonchev–Trinajstić information content (AvgIpc) is 2.35. The number of halogens is 3. The Hall–Kier alpha value is -0.810. The first-order valence-electron chi connectivity index (χ1n) is 4.93. The fourth-order valence-electron chi connectivity index (χ4n) is 1.06. The zero-order valence-electron chi connectivity index (χ0n) is 9.27. The SMILES string of the molecule is C=CCNC(=S)N[NH+]=Cc1c(Cl)ccc(Cl)c1Cl. The molecule has 0 fully saturated rings. The lowest BCUT2D eigenvalue weighted by molar-refractivity contribution is -0.500. The summed E-state index contributed by atoms with van der Waals surface area (Å²) in [6.07, 6.45) is 3.28. The van der Waals surface area contributed by atoms with Crippen molar-refractivity contribution in [3.05, 3.63) is 45.4 Å². The van der Waals surface area contributed by atoms with E-state index in [4.69, 9.17) is 47.0 Å². The van der Waals surface area contributed by atoms with Gasteiger partial charge in [0.25, 0.3) is 0 Å². The van der Waals surface area contributed by atoms with Crippen LogP contribution in [0.4, 0.5) is 0 Å². The molecule has 0 amide bonds. The van der Waals surface area contributed by atoms with Gasteiger partial charge in [-0.2, -0.15) is 0 Å². The van der Waals surface area contributed by atoms with Gasteiger partial charge in [-0.15, -0.1) is 17.1 Å². The molecule has 0 saturated heterocycles. The Morgan fingerprint density at radius 3 is 2.67 bits per heavy atom. The summed E-state index contributed by atoms with van der Waals surface area (Å²) in [5, 5.41) is 7.40. The lowest BCUT2D eigenvalue weighted by atomic mass is 10.2. The molecular weight excluding hydrogens is 313 g/mol. The van der Waals surface area contributed by atoms with Crippen LogP contribution in [0.5, 0.6) is 0 Å². The zero-order chi connectivity index (χ0) is 13.5. The summed E-state index contributed by atoms with van der Waals surface area (Å²) in [7, 11) is 0. The van der Waals surface area contributed by atoms with E-state index in [9.17, 15) is 0 Å². The molecule has 0 aliphatic carbocycles. The molecule has 0 unspecified atom stereocenters. The van der Waals surface area contributed by atoms with Crippen LogP contribution in [0.2, 0.25) is 15.1 Å². The fourth-order valence-corrected chi connectivity index (χ4v) is 1.84. The molecule has 3 N–H and O–H groups in total. The summed E-state index contributed by atoms with van der Waals surface area (Å²) >= 11 is 22.9. The second-order valence-corrected chi connectivity index (χ2v) is 4.77. The van der Waals surface area contributed by atoms with Gasteiger partial charge in [-0.25, -0.2) is 0 Å². The monoisotopic (exact) mass is 322 g/mol. The third kappa shape index (κ3) is 4.46. The van der Waals surface area contributed by atoms with Gasteiger partial charge in [-0.05, 0) is 24.4 Å². The van der Waals surface area contributed by atoms with Gasteiger partial charge in [0.05, 0.1) is 20.6 Å². The van der Waals surface area contributed by atoms with Gasteiger partial charge in [-0.1, -0.05) is 40.9 Å². The van der Waals surface area contributed by atoms with Gasteiger partial charge >= 0.3 is 0 Å². The molecule has 1 aromatic rings. The highest BCUT2D eigenvalue weighted by Gasteiger charge is 2.09. The Morgan fingerprint density at radius 1 is 1.33 bits per heavy atom. The van der Waals surface area contributed by atoms with Gasteiger partial charge in [0, 0.05) is 6.54 Å². The Labute approximate surface area is 126 Å². The van der Waals surface area contributed by atoms with Crippen molar-refractivity contribution in [3.8, 4) is 0 Å². The smallest absolute Gasteiger partial charge is 0.224 e. The van der Waals surface area contributed by atoms with Crippen molar-refractivity contribution in [2.24, 2.45) is 0 Å². The van der Waals surface area contributed by atoms with Gasteiger partial charge in [0.15, 0.2) is 0 Å². The molecule has 1 rings (SSSR count). The summed E-state index contributed by atoms with van der Waals surface area (Å²) in [6.45, 7) is 4.14. The van der Waals surface area contributed by atoms with Crippen LogP contribution in [-0.2, 0) is 0 Å². The van der Waals surface area contributed by atoms with Crippen molar-refractivity contribution in [1.82, 2.24) is 10.7 Å². The maximum Gasteiger partial charge on any atom is 0.224 e. The minimum Gasteiger partial charge on any atom is -0.355 e. The first-order chi connectivity index (χ1) is 8.56. The van der Waals surface area contributed by atoms with Crippen LogP contribution in [0.3, 0.4) is 0 Å². The maximum absolute atomic E-state index is 6.02. The first-order valence-corrected chi connectivity index (χ1v) is 6.47. The highest BCUT2D eigenvalue weighted by atomic mass is 35.5. The molecule has 0 spiro atoms. The lowest BCUT2D eigenvalue weighted by Gasteiger charge is -2.01. The molecule has 0 saturated carbocycles. The Balaban J connectivity index is 2.70. The van der Waals surface area contributed by atoms with Crippen molar-refractivity contribution in [2.45, 2.75) is 0 Å². The standard InChI is InChI=1S/C11H10Cl3N3S/c1-2-5-15-11(18)17-16-6-7-8(12)3-4-9(13)10(7)14/h2-4,6H,1,5H2,(H2,15,17,18)/p+1. The topological polar surface area (TPSA) is 38.0 Å². The minimum absolute atomic E-state index is 0.378. The normalized spacial score (nSPS) is 10.4. The first kappa shape index (κ1) is 15.2. The molecule has 0 radical (unpaired) electrons. The van der Waals surface area contributed by atoms with Crippen molar-refractivity contribution < 1.29 is 5.10 Å². The van der Waals surface area contributed by atoms with E-state index in [0.29, 0.717) is 32.3 Å². The van der Waals surface area contributed by atoms with Crippen LogP contribution in [0, 0.1) is 0 Å². The predicted octanol–water partition coefficient (Wildman–Crippen LogP) is 1.71. The van der Waals surface area contributed by atoms with Gasteiger partial charge in [0.1, 0.15) is 0 Å². The van der Waals surface area contributed by atoms with Crippen LogP contribution >= 0.6 is 47.0 Å². The van der Waals surface area contributed by atoms with Gasteiger partial charge in [-0.3, -0.25) is 0 Å². The number of rotatable bonds is 4. The Kier molecular flexibility index (Phi) is 6.43. The van der Waals surface area contributed by atoms with E-state index in [0.717, 1.165) is 0 Å². The molecule has 96 valence electrons. The van der Waals surface area contributed by atoms with E-state index in [-0.39, 0.29) is 0 Å².